The van der Waals surface area contributed by atoms with Gasteiger partial charge in [0.1, 0.15) is 0 Å². The quantitative estimate of drug-likeness (QED) is 0.230. The van der Waals surface area contributed by atoms with Crippen LogP contribution in [0.3, 0.4) is 0 Å². The van der Waals surface area contributed by atoms with Crippen LogP contribution in [0, 0.1) is 0 Å². The van der Waals surface area contributed by atoms with Gasteiger partial charge in [0, 0.05) is 11.5 Å². The molecule has 1 nitrogen and oxygen atoms in total. The first kappa shape index (κ1) is 26.2. The number of hydrogen-bond donors (Lipinski definition) is 1. The molecule has 1 atom stereocenters. The van der Waals surface area contributed by atoms with Gasteiger partial charge < -0.3 is 5.73 Å². The molecule has 0 aliphatic carbocycles. The van der Waals surface area contributed by atoms with E-state index in [0.29, 0.717) is 5.92 Å². The molecule has 0 aliphatic rings. The first-order chi connectivity index (χ1) is 14.2. The molecule has 0 amide bonds. The van der Waals surface area contributed by atoms with Gasteiger partial charge in [-0.1, -0.05) is 141 Å². The van der Waals surface area contributed by atoms with Crippen molar-refractivity contribution in [3.05, 3.63) is 35.9 Å². The molecule has 1 rings (SSSR count). The van der Waals surface area contributed by atoms with Gasteiger partial charge in [0.25, 0.3) is 0 Å². The van der Waals surface area contributed by atoms with E-state index in [4.69, 9.17) is 5.73 Å². The highest BCUT2D eigenvalue weighted by atomic mass is 14.8. The lowest BCUT2D eigenvalue weighted by Gasteiger charge is -2.37. The van der Waals surface area contributed by atoms with Gasteiger partial charge >= 0.3 is 0 Å². The van der Waals surface area contributed by atoms with Gasteiger partial charge in [0.05, 0.1) is 0 Å². The fourth-order valence-corrected chi connectivity index (χ4v) is 4.76. The average Bonchev–Trinajstić information content (AvgIpc) is 2.76. The largest absolute Gasteiger partial charge is 0.325 e. The summed E-state index contributed by atoms with van der Waals surface area (Å²) in [6.45, 7) is 6.80. The van der Waals surface area contributed by atoms with Crippen LogP contribution in [-0.4, -0.2) is 5.54 Å². The highest BCUT2D eigenvalue weighted by Crippen LogP contribution is 2.36. The maximum Gasteiger partial charge on any atom is 0.0218 e. The summed E-state index contributed by atoms with van der Waals surface area (Å²) < 4.78 is 0. The van der Waals surface area contributed by atoms with E-state index < -0.39 is 0 Å². The zero-order valence-corrected chi connectivity index (χ0v) is 20.1. The van der Waals surface area contributed by atoms with Gasteiger partial charge in [-0.25, -0.2) is 0 Å². The Bertz CT molecular complexity index is 462. The molecule has 0 bridgehead atoms. The number of unbranched alkanes of at least 4 members (excludes halogenated alkanes) is 13. The zero-order chi connectivity index (χ0) is 21.2. The molecule has 0 saturated carbocycles. The summed E-state index contributed by atoms with van der Waals surface area (Å²) in [5.74, 6) is 0.496. The zero-order valence-electron chi connectivity index (χ0n) is 20.1. The SMILES string of the molecule is CCCCCCCCCCCCCCCCC(c1ccccc1)C(N)(CC)CC. The molecule has 0 fully saturated rings. The summed E-state index contributed by atoms with van der Waals surface area (Å²) in [6.07, 6.45) is 23.2. The van der Waals surface area contributed by atoms with Crippen molar-refractivity contribution >= 4 is 0 Å². The lowest BCUT2D eigenvalue weighted by atomic mass is 9.73. The van der Waals surface area contributed by atoms with E-state index in [2.05, 4.69) is 51.1 Å². The summed E-state index contributed by atoms with van der Waals surface area (Å²) in [5, 5.41) is 0. The second-order valence-corrected chi connectivity index (χ2v) is 9.29. The molecule has 1 aromatic carbocycles. The Labute approximate surface area is 183 Å². The third-order valence-electron chi connectivity index (χ3n) is 7.06. The van der Waals surface area contributed by atoms with E-state index >= 15 is 0 Å². The molecule has 1 heteroatoms. The third-order valence-corrected chi connectivity index (χ3v) is 7.06. The Balaban J connectivity index is 2.12. The molecule has 0 radical (unpaired) electrons. The fourth-order valence-electron chi connectivity index (χ4n) is 4.76. The lowest BCUT2D eigenvalue weighted by Crippen LogP contribution is -2.44. The molecule has 0 spiro atoms. The van der Waals surface area contributed by atoms with Gasteiger partial charge in [-0.2, -0.15) is 0 Å². The summed E-state index contributed by atoms with van der Waals surface area (Å²) in [6, 6.07) is 11.0. The molecular formula is C28H51N. The standard InChI is InChI=1S/C28H51N/c1-4-7-8-9-10-11-12-13-14-15-16-17-18-22-25-27(28(29,5-2)6-3)26-23-20-19-21-24-26/h19-21,23-24,27H,4-18,22,25,29H2,1-3H3. The van der Waals surface area contributed by atoms with Crippen molar-refractivity contribution in [2.24, 2.45) is 5.73 Å². The molecular weight excluding hydrogens is 350 g/mol. The maximum absolute atomic E-state index is 6.83. The van der Waals surface area contributed by atoms with Crippen LogP contribution in [0.1, 0.15) is 141 Å². The number of nitrogens with two attached hydrogens (primary N) is 1. The summed E-state index contributed by atoms with van der Waals surface area (Å²) in [5.41, 5.74) is 8.21. The normalized spacial score (nSPS) is 13.0. The Hall–Kier alpha value is -0.820. The molecule has 2 N–H and O–H groups in total. The van der Waals surface area contributed by atoms with Gasteiger partial charge in [0.2, 0.25) is 0 Å². The van der Waals surface area contributed by atoms with Crippen LogP contribution in [-0.2, 0) is 0 Å². The van der Waals surface area contributed by atoms with Gasteiger partial charge in [-0.3, -0.25) is 0 Å². The van der Waals surface area contributed by atoms with E-state index in [1.54, 1.807) is 0 Å². The predicted octanol–water partition coefficient (Wildman–Crippen LogP) is 9.16. The molecule has 0 aromatic heterocycles. The molecule has 0 heterocycles. The van der Waals surface area contributed by atoms with Crippen molar-refractivity contribution in [1.82, 2.24) is 0 Å². The Morgan fingerprint density at radius 3 is 1.45 bits per heavy atom. The van der Waals surface area contributed by atoms with Crippen LogP contribution in [0.25, 0.3) is 0 Å². The maximum atomic E-state index is 6.83. The second kappa shape index (κ2) is 16.9. The van der Waals surface area contributed by atoms with Gasteiger partial charge in [0.15, 0.2) is 0 Å². The van der Waals surface area contributed by atoms with Gasteiger partial charge in [-0.15, -0.1) is 0 Å². The second-order valence-electron chi connectivity index (χ2n) is 9.29. The summed E-state index contributed by atoms with van der Waals surface area (Å²) >= 11 is 0. The Morgan fingerprint density at radius 1 is 0.621 bits per heavy atom. The minimum Gasteiger partial charge on any atom is -0.325 e. The van der Waals surface area contributed by atoms with Crippen molar-refractivity contribution in [2.75, 3.05) is 0 Å². The minimum atomic E-state index is -0.0576. The van der Waals surface area contributed by atoms with Crippen LogP contribution in [0.4, 0.5) is 0 Å². The smallest absolute Gasteiger partial charge is 0.0218 e. The molecule has 1 aromatic rings. The van der Waals surface area contributed by atoms with Crippen LogP contribution in [0.2, 0.25) is 0 Å². The molecule has 0 aliphatic heterocycles. The fraction of sp³-hybridized carbons (Fsp3) is 0.786. The van der Waals surface area contributed by atoms with Crippen molar-refractivity contribution < 1.29 is 0 Å². The summed E-state index contributed by atoms with van der Waals surface area (Å²) in [4.78, 5) is 0. The summed E-state index contributed by atoms with van der Waals surface area (Å²) in [7, 11) is 0. The van der Waals surface area contributed by atoms with Gasteiger partial charge in [-0.05, 0) is 24.8 Å². The first-order valence-corrected chi connectivity index (χ1v) is 13.0. The van der Waals surface area contributed by atoms with E-state index in [9.17, 15) is 0 Å². The van der Waals surface area contributed by atoms with E-state index in [-0.39, 0.29) is 5.54 Å². The van der Waals surface area contributed by atoms with Crippen LogP contribution in [0.15, 0.2) is 30.3 Å². The van der Waals surface area contributed by atoms with Crippen molar-refractivity contribution in [2.45, 2.75) is 141 Å². The first-order valence-electron chi connectivity index (χ1n) is 13.0. The molecule has 168 valence electrons. The van der Waals surface area contributed by atoms with E-state index in [0.717, 1.165) is 12.8 Å². The van der Waals surface area contributed by atoms with Crippen molar-refractivity contribution in [3.8, 4) is 0 Å². The number of hydrogen-bond acceptors (Lipinski definition) is 1. The van der Waals surface area contributed by atoms with E-state index in [1.165, 1.54) is 102 Å². The third kappa shape index (κ3) is 11.2. The van der Waals surface area contributed by atoms with Crippen LogP contribution >= 0.6 is 0 Å². The van der Waals surface area contributed by atoms with E-state index in [1.807, 2.05) is 0 Å². The minimum absolute atomic E-state index is 0.0576. The lowest BCUT2D eigenvalue weighted by molar-refractivity contribution is 0.300. The van der Waals surface area contributed by atoms with Crippen LogP contribution < -0.4 is 5.73 Å². The topological polar surface area (TPSA) is 26.0 Å². The monoisotopic (exact) mass is 401 g/mol. The highest BCUT2D eigenvalue weighted by molar-refractivity contribution is 5.23. The molecule has 1 unspecified atom stereocenters. The average molecular weight is 402 g/mol. The predicted molar refractivity (Wildman–Crippen MR) is 132 cm³/mol. The molecule has 0 saturated heterocycles. The molecule has 29 heavy (non-hydrogen) atoms. The number of rotatable bonds is 19. The Kier molecular flexibility index (Phi) is 15.3. The van der Waals surface area contributed by atoms with Crippen LogP contribution in [0.5, 0.6) is 0 Å². The Morgan fingerprint density at radius 2 is 1.03 bits per heavy atom. The highest BCUT2D eigenvalue weighted by Gasteiger charge is 2.32. The number of benzene rings is 1. The van der Waals surface area contributed by atoms with Crippen molar-refractivity contribution in [1.29, 1.82) is 0 Å². The van der Waals surface area contributed by atoms with Crippen molar-refractivity contribution in [3.63, 3.8) is 0 Å².